The lowest BCUT2D eigenvalue weighted by atomic mass is 10.0. The van der Waals surface area contributed by atoms with Crippen molar-refractivity contribution in [1.82, 2.24) is 4.98 Å². The summed E-state index contributed by atoms with van der Waals surface area (Å²) in [6.07, 6.45) is -3.29. The van der Waals surface area contributed by atoms with Gasteiger partial charge in [-0.05, 0) is 24.0 Å². The van der Waals surface area contributed by atoms with Crippen molar-refractivity contribution in [1.29, 1.82) is 0 Å². The van der Waals surface area contributed by atoms with Crippen molar-refractivity contribution >= 4 is 39.5 Å². The first-order valence-electron chi connectivity index (χ1n) is 6.72. The number of alkyl halides is 3. The molecule has 3 rings (SSSR count). The molecule has 0 radical (unpaired) electrons. The summed E-state index contributed by atoms with van der Waals surface area (Å²) in [6, 6.07) is 7.71. The first-order chi connectivity index (χ1) is 10.8. The van der Waals surface area contributed by atoms with E-state index in [1.54, 1.807) is 30.5 Å². The molecule has 0 aliphatic rings. The summed E-state index contributed by atoms with van der Waals surface area (Å²) in [5, 5.41) is 9.56. The Morgan fingerprint density at radius 2 is 2.00 bits per heavy atom. The van der Waals surface area contributed by atoms with E-state index >= 15 is 0 Å². The highest BCUT2D eigenvalue weighted by Gasteiger charge is 2.35. The summed E-state index contributed by atoms with van der Waals surface area (Å²) in [6.45, 7) is 0. The minimum atomic E-state index is -4.56. The summed E-state index contributed by atoms with van der Waals surface area (Å²) < 4.78 is 40.5. The van der Waals surface area contributed by atoms with Gasteiger partial charge in [0.1, 0.15) is 0 Å². The largest absolute Gasteiger partial charge is 0.481 e. The third-order valence-corrected chi connectivity index (χ3v) is 4.54. The normalized spacial score (nSPS) is 12.2. The average molecular weight is 339 g/mol. The van der Waals surface area contributed by atoms with Gasteiger partial charge in [0, 0.05) is 21.2 Å². The molecule has 0 bridgehead atoms. The molecule has 0 saturated heterocycles. The van der Waals surface area contributed by atoms with Gasteiger partial charge in [0.25, 0.3) is 0 Å². The van der Waals surface area contributed by atoms with Crippen molar-refractivity contribution in [3.8, 4) is 0 Å². The number of benzene rings is 2. The Morgan fingerprint density at radius 1 is 1.30 bits per heavy atom. The number of H-pyrrole nitrogens is 1. The van der Waals surface area contributed by atoms with E-state index in [4.69, 9.17) is 5.11 Å². The molecular formula is C16H12F3NO2S. The molecule has 0 aliphatic heterocycles. The number of aliphatic carboxylic acids is 1. The molecule has 0 saturated carbocycles. The van der Waals surface area contributed by atoms with E-state index in [1.807, 2.05) is 0 Å². The molecule has 0 amide bonds. The first-order valence-corrected chi connectivity index (χ1v) is 7.94. The zero-order chi connectivity index (χ0) is 16.8. The number of carboxylic acids is 1. The molecule has 0 aliphatic carbocycles. The topological polar surface area (TPSA) is 53.1 Å². The average Bonchev–Trinajstić information content (AvgIpc) is 2.83. The fraction of sp³-hybridized carbons (Fsp3) is 0.188. The smallest absolute Gasteiger partial charge is 0.417 e. The Balaban J connectivity index is 2.49. The van der Waals surface area contributed by atoms with Crippen LogP contribution in [0.5, 0.6) is 0 Å². The number of fused-ring (bicyclic) bond motifs is 3. The van der Waals surface area contributed by atoms with Gasteiger partial charge in [-0.3, -0.25) is 4.79 Å². The van der Waals surface area contributed by atoms with Crippen molar-refractivity contribution in [2.75, 3.05) is 6.26 Å². The molecule has 7 heteroatoms. The molecule has 0 fully saturated rings. The van der Waals surface area contributed by atoms with Crippen LogP contribution < -0.4 is 0 Å². The quantitative estimate of drug-likeness (QED) is 0.681. The number of thioether (sulfide) groups is 1. The highest BCUT2D eigenvalue weighted by Crippen LogP contribution is 2.43. The van der Waals surface area contributed by atoms with Crippen LogP contribution in [0, 0.1) is 0 Å². The minimum absolute atomic E-state index is 0.0894. The van der Waals surface area contributed by atoms with Crippen molar-refractivity contribution in [2.45, 2.75) is 17.5 Å². The predicted octanol–water partition coefficient (Wildman–Crippen LogP) is 4.69. The first kappa shape index (κ1) is 15.7. The van der Waals surface area contributed by atoms with Gasteiger partial charge in [-0.25, -0.2) is 0 Å². The number of nitrogens with one attached hydrogen (secondary N) is 1. The molecule has 23 heavy (non-hydrogen) atoms. The molecule has 3 nitrogen and oxygen atoms in total. The number of aromatic amines is 1. The molecule has 2 N–H and O–H groups in total. The van der Waals surface area contributed by atoms with Gasteiger partial charge in [0.05, 0.1) is 17.5 Å². The Hall–Kier alpha value is -2.15. The summed E-state index contributed by atoms with van der Waals surface area (Å²) in [7, 11) is 0. The van der Waals surface area contributed by atoms with Crippen LogP contribution >= 0.6 is 11.8 Å². The number of carbonyl (C=O) groups is 1. The lowest BCUT2D eigenvalue weighted by molar-refractivity contribution is -0.138. The second kappa shape index (κ2) is 5.49. The van der Waals surface area contributed by atoms with Crippen LogP contribution in [0.25, 0.3) is 21.8 Å². The Bertz CT molecular complexity index is 915. The van der Waals surface area contributed by atoms with Gasteiger partial charge in [-0.15, -0.1) is 11.8 Å². The second-order valence-electron chi connectivity index (χ2n) is 5.11. The lowest BCUT2D eigenvalue weighted by Crippen LogP contribution is -2.09. The highest BCUT2D eigenvalue weighted by molar-refractivity contribution is 7.98. The van der Waals surface area contributed by atoms with Crippen molar-refractivity contribution in [3.63, 3.8) is 0 Å². The standard InChI is InChI=1S/C16H12F3NO2S/c1-23-15-8(7-12(21)22)6-10(16(17,18)19)13-9-4-2-3-5-11(9)20-14(13)15/h2-6,20H,7H2,1H3,(H,21,22). The fourth-order valence-corrected chi connectivity index (χ4v) is 3.57. The molecule has 120 valence electrons. The monoisotopic (exact) mass is 339 g/mol. The number of para-hydroxylation sites is 1. The van der Waals surface area contributed by atoms with E-state index in [0.717, 1.165) is 6.07 Å². The van der Waals surface area contributed by atoms with E-state index in [9.17, 15) is 18.0 Å². The second-order valence-corrected chi connectivity index (χ2v) is 5.92. The Morgan fingerprint density at radius 3 is 2.61 bits per heavy atom. The van der Waals surface area contributed by atoms with Gasteiger partial charge in [-0.1, -0.05) is 18.2 Å². The van der Waals surface area contributed by atoms with Crippen LogP contribution in [0.1, 0.15) is 11.1 Å². The maximum absolute atomic E-state index is 13.5. The van der Waals surface area contributed by atoms with Crippen LogP contribution in [0.3, 0.4) is 0 Å². The van der Waals surface area contributed by atoms with Gasteiger partial charge in [0.15, 0.2) is 0 Å². The molecule has 3 aromatic rings. The fourth-order valence-electron chi connectivity index (χ4n) is 2.82. The third kappa shape index (κ3) is 2.65. The zero-order valence-electron chi connectivity index (χ0n) is 12.0. The molecule has 0 unspecified atom stereocenters. The maximum Gasteiger partial charge on any atom is 0.417 e. The molecule has 2 aromatic carbocycles. The lowest BCUT2D eigenvalue weighted by Gasteiger charge is -2.14. The summed E-state index contributed by atoms with van der Waals surface area (Å²) in [4.78, 5) is 14.5. The van der Waals surface area contributed by atoms with Gasteiger partial charge < -0.3 is 10.1 Å². The van der Waals surface area contributed by atoms with Gasteiger partial charge in [-0.2, -0.15) is 13.2 Å². The van der Waals surface area contributed by atoms with Crippen LogP contribution in [-0.4, -0.2) is 22.3 Å². The zero-order valence-corrected chi connectivity index (χ0v) is 12.8. The van der Waals surface area contributed by atoms with Crippen LogP contribution in [0.4, 0.5) is 13.2 Å². The number of aromatic nitrogens is 1. The minimum Gasteiger partial charge on any atom is -0.481 e. The van der Waals surface area contributed by atoms with Crippen molar-refractivity contribution in [2.24, 2.45) is 0 Å². The van der Waals surface area contributed by atoms with E-state index in [1.165, 1.54) is 11.8 Å². The molecule has 1 heterocycles. The third-order valence-electron chi connectivity index (χ3n) is 3.66. The molecule has 0 spiro atoms. The van der Waals surface area contributed by atoms with Crippen LogP contribution in [0.2, 0.25) is 0 Å². The number of carboxylic acid groups (broad SMARTS) is 1. The maximum atomic E-state index is 13.5. The van der Waals surface area contributed by atoms with Crippen LogP contribution in [-0.2, 0) is 17.4 Å². The molecule has 1 aromatic heterocycles. The van der Waals surface area contributed by atoms with E-state index < -0.39 is 24.1 Å². The van der Waals surface area contributed by atoms with Crippen LogP contribution in [0.15, 0.2) is 35.2 Å². The van der Waals surface area contributed by atoms with E-state index in [-0.39, 0.29) is 10.9 Å². The number of hydrogen-bond acceptors (Lipinski definition) is 2. The number of halogens is 3. The number of rotatable bonds is 3. The molecule has 0 atom stereocenters. The summed E-state index contributed by atoms with van der Waals surface area (Å²) >= 11 is 1.24. The summed E-state index contributed by atoms with van der Waals surface area (Å²) in [5.74, 6) is -1.16. The SMILES string of the molecule is CSc1c(CC(=O)O)cc(C(F)(F)F)c2c1[nH]c1ccccc12. The van der Waals surface area contributed by atoms with Crippen molar-refractivity contribution in [3.05, 3.63) is 41.5 Å². The van der Waals surface area contributed by atoms with E-state index in [2.05, 4.69) is 4.98 Å². The van der Waals surface area contributed by atoms with Gasteiger partial charge in [0.2, 0.25) is 0 Å². The Labute approximate surface area is 133 Å². The van der Waals surface area contributed by atoms with E-state index in [0.29, 0.717) is 21.3 Å². The Kier molecular flexibility index (Phi) is 3.75. The van der Waals surface area contributed by atoms with Crippen molar-refractivity contribution < 1.29 is 23.1 Å². The predicted molar refractivity (Wildman–Crippen MR) is 83.9 cm³/mol. The summed E-state index contributed by atoms with van der Waals surface area (Å²) in [5.41, 5.74) is 0.288. The highest BCUT2D eigenvalue weighted by atomic mass is 32.2. The number of hydrogen-bond donors (Lipinski definition) is 2. The van der Waals surface area contributed by atoms with Gasteiger partial charge >= 0.3 is 12.1 Å². The molecular weight excluding hydrogens is 327 g/mol.